The van der Waals surface area contributed by atoms with Crippen LogP contribution in [0.4, 0.5) is 4.39 Å². The standard InChI is InChI=1S/C19H21FN2O2/c20-16-5-3-4-14(12-16)18-8-7-15(13-22-18)19(23)21-10-9-17-6-1-2-11-24-17/h3-5,7-8,12-13,17H,1-2,6,9-11H2,(H,21,23). The Bertz CT molecular complexity index is 682. The van der Waals surface area contributed by atoms with Crippen molar-refractivity contribution >= 4 is 5.91 Å². The number of nitrogens with one attached hydrogen (secondary N) is 1. The largest absolute Gasteiger partial charge is 0.378 e. The van der Waals surface area contributed by atoms with Crippen molar-refractivity contribution < 1.29 is 13.9 Å². The van der Waals surface area contributed by atoms with Gasteiger partial charge in [0, 0.05) is 24.9 Å². The number of aromatic nitrogens is 1. The van der Waals surface area contributed by atoms with Crippen LogP contribution in [-0.2, 0) is 4.74 Å². The first-order chi connectivity index (χ1) is 11.7. The van der Waals surface area contributed by atoms with Crippen LogP contribution < -0.4 is 5.32 Å². The predicted molar refractivity (Wildman–Crippen MR) is 90.2 cm³/mol. The molecule has 1 N–H and O–H groups in total. The second kappa shape index (κ2) is 8.02. The molecule has 1 amide bonds. The molecule has 1 unspecified atom stereocenters. The first-order valence-corrected chi connectivity index (χ1v) is 8.34. The maximum absolute atomic E-state index is 13.3. The molecule has 1 aromatic heterocycles. The summed E-state index contributed by atoms with van der Waals surface area (Å²) >= 11 is 0. The van der Waals surface area contributed by atoms with Crippen LogP contribution in [-0.4, -0.2) is 30.1 Å². The Morgan fingerprint density at radius 3 is 2.92 bits per heavy atom. The van der Waals surface area contributed by atoms with E-state index < -0.39 is 0 Å². The lowest BCUT2D eigenvalue weighted by atomic mass is 10.1. The van der Waals surface area contributed by atoms with Crippen molar-refractivity contribution in [1.29, 1.82) is 0 Å². The Morgan fingerprint density at radius 2 is 2.21 bits per heavy atom. The third-order valence-electron chi connectivity index (χ3n) is 4.17. The highest BCUT2D eigenvalue weighted by molar-refractivity contribution is 5.94. The van der Waals surface area contributed by atoms with E-state index in [0.717, 1.165) is 25.9 Å². The second-order valence-electron chi connectivity index (χ2n) is 5.98. The summed E-state index contributed by atoms with van der Waals surface area (Å²) in [7, 11) is 0. The van der Waals surface area contributed by atoms with Gasteiger partial charge in [0.2, 0.25) is 0 Å². The molecule has 0 aliphatic carbocycles. The third-order valence-corrected chi connectivity index (χ3v) is 4.17. The third kappa shape index (κ3) is 4.38. The molecule has 1 aromatic carbocycles. The predicted octanol–water partition coefficient (Wildman–Crippen LogP) is 3.58. The highest BCUT2D eigenvalue weighted by Crippen LogP contribution is 2.18. The van der Waals surface area contributed by atoms with Gasteiger partial charge in [-0.25, -0.2) is 4.39 Å². The number of hydrogen-bond acceptors (Lipinski definition) is 3. The Kier molecular flexibility index (Phi) is 5.54. The van der Waals surface area contributed by atoms with Gasteiger partial charge in [0.15, 0.2) is 0 Å². The van der Waals surface area contributed by atoms with Crippen molar-refractivity contribution in [2.45, 2.75) is 31.8 Å². The molecule has 24 heavy (non-hydrogen) atoms. The molecule has 1 aliphatic heterocycles. The molecule has 5 heteroatoms. The Labute approximate surface area is 141 Å². The van der Waals surface area contributed by atoms with Gasteiger partial charge in [-0.1, -0.05) is 12.1 Å². The molecule has 1 saturated heterocycles. The van der Waals surface area contributed by atoms with Crippen molar-refractivity contribution in [2.24, 2.45) is 0 Å². The van der Waals surface area contributed by atoms with E-state index >= 15 is 0 Å². The zero-order valence-corrected chi connectivity index (χ0v) is 13.5. The molecule has 126 valence electrons. The molecule has 1 aliphatic rings. The van der Waals surface area contributed by atoms with Crippen molar-refractivity contribution in [3.8, 4) is 11.3 Å². The molecule has 2 aromatic rings. The van der Waals surface area contributed by atoms with Crippen LogP contribution in [0.3, 0.4) is 0 Å². The normalized spacial score (nSPS) is 17.5. The minimum absolute atomic E-state index is 0.149. The van der Waals surface area contributed by atoms with Gasteiger partial charge < -0.3 is 10.1 Å². The number of benzene rings is 1. The summed E-state index contributed by atoms with van der Waals surface area (Å²) in [5.74, 6) is -0.454. The summed E-state index contributed by atoms with van der Waals surface area (Å²) < 4.78 is 18.9. The van der Waals surface area contributed by atoms with Crippen molar-refractivity contribution in [3.05, 3.63) is 54.0 Å². The van der Waals surface area contributed by atoms with E-state index in [2.05, 4.69) is 10.3 Å². The Balaban J connectivity index is 1.53. The van der Waals surface area contributed by atoms with Gasteiger partial charge in [0.05, 0.1) is 17.4 Å². The summed E-state index contributed by atoms with van der Waals surface area (Å²) in [6, 6.07) is 9.68. The lowest BCUT2D eigenvalue weighted by Gasteiger charge is -2.22. The number of hydrogen-bond donors (Lipinski definition) is 1. The minimum atomic E-state index is -0.305. The summed E-state index contributed by atoms with van der Waals surface area (Å²) in [6.45, 7) is 1.42. The Morgan fingerprint density at radius 1 is 1.29 bits per heavy atom. The fourth-order valence-corrected chi connectivity index (χ4v) is 2.83. The maximum atomic E-state index is 13.3. The number of halogens is 1. The average molecular weight is 328 g/mol. The summed E-state index contributed by atoms with van der Waals surface area (Å²) in [5, 5.41) is 2.90. The molecule has 1 fully saturated rings. The monoisotopic (exact) mass is 328 g/mol. The SMILES string of the molecule is O=C(NCCC1CCCCO1)c1ccc(-c2cccc(F)c2)nc1. The van der Waals surface area contributed by atoms with Gasteiger partial charge in [-0.3, -0.25) is 9.78 Å². The number of carbonyl (C=O) groups is 1. The van der Waals surface area contributed by atoms with Crippen molar-refractivity contribution in [3.63, 3.8) is 0 Å². The van der Waals surface area contributed by atoms with E-state index in [-0.39, 0.29) is 17.8 Å². The van der Waals surface area contributed by atoms with Crippen LogP contribution >= 0.6 is 0 Å². The zero-order chi connectivity index (χ0) is 16.8. The second-order valence-corrected chi connectivity index (χ2v) is 5.98. The van der Waals surface area contributed by atoms with Crippen LogP contribution in [0.1, 0.15) is 36.0 Å². The number of amides is 1. The maximum Gasteiger partial charge on any atom is 0.252 e. The van der Waals surface area contributed by atoms with Gasteiger partial charge >= 0.3 is 0 Å². The molecule has 1 atom stereocenters. The van der Waals surface area contributed by atoms with E-state index in [1.165, 1.54) is 24.8 Å². The molecule has 0 saturated carbocycles. The molecule has 4 nitrogen and oxygen atoms in total. The minimum Gasteiger partial charge on any atom is -0.378 e. The van der Waals surface area contributed by atoms with Gasteiger partial charge in [-0.15, -0.1) is 0 Å². The van der Waals surface area contributed by atoms with E-state index in [9.17, 15) is 9.18 Å². The highest BCUT2D eigenvalue weighted by Gasteiger charge is 2.14. The summed E-state index contributed by atoms with van der Waals surface area (Å²) in [4.78, 5) is 16.4. The molecule has 3 rings (SSSR count). The zero-order valence-electron chi connectivity index (χ0n) is 13.5. The van der Waals surface area contributed by atoms with Gasteiger partial charge in [-0.05, 0) is 49.9 Å². The number of ether oxygens (including phenoxy) is 1. The Hall–Kier alpha value is -2.27. The molecular weight excluding hydrogens is 307 g/mol. The van der Waals surface area contributed by atoms with Gasteiger partial charge in [0.1, 0.15) is 5.82 Å². The summed E-state index contributed by atoms with van der Waals surface area (Å²) in [6.07, 6.45) is 6.01. The van der Waals surface area contributed by atoms with Crippen LogP contribution in [0.25, 0.3) is 11.3 Å². The van der Waals surface area contributed by atoms with Crippen molar-refractivity contribution in [1.82, 2.24) is 10.3 Å². The van der Waals surface area contributed by atoms with Gasteiger partial charge in [0.25, 0.3) is 5.91 Å². The number of carbonyl (C=O) groups excluding carboxylic acids is 1. The molecular formula is C19H21FN2O2. The average Bonchev–Trinajstić information content (AvgIpc) is 2.63. The molecule has 0 bridgehead atoms. The lowest BCUT2D eigenvalue weighted by molar-refractivity contribution is 0.0117. The highest BCUT2D eigenvalue weighted by atomic mass is 19.1. The van der Waals surface area contributed by atoms with E-state index in [4.69, 9.17) is 4.74 Å². The smallest absolute Gasteiger partial charge is 0.252 e. The fraction of sp³-hybridized carbons (Fsp3) is 0.368. The molecule has 0 spiro atoms. The molecule has 2 heterocycles. The first kappa shape index (κ1) is 16.6. The lowest BCUT2D eigenvalue weighted by Crippen LogP contribution is -2.29. The number of nitrogens with zero attached hydrogens (tertiary/aromatic N) is 1. The topological polar surface area (TPSA) is 51.2 Å². The number of rotatable bonds is 5. The van der Waals surface area contributed by atoms with Crippen LogP contribution in [0.15, 0.2) is 42.6 Å². The quantitative estimate of drug-likeness (QED) is 0.913. The van der Waals surface area contributed by atoms with Gasteiger partial charge in [-0.2, -0.15) is 0 Å². The number of pyridine rings is 1. The summed E-state index contributed by atoms with van der Waals surface area (Å²) in [5.41, 5.74) is 1.83. The first-order valence-electron chi connectivity index (χ1n) is 8.34. The van der Waals surface area contributed by atoms with Crippen LogP contribution in [0, 0.1) is 5.82 Å². The van der Waals surface area contributed by atoms with E-state index in [1.54, 1.807) is 24.3 Å². The van der Waals surface area contributed by atoms with Crippen LogP contribution in [0.5, 0.6) is 0 Å². The molecule has 0 radical (unpaired) electrons. The van der Waals surface area contributed by atoms with E-state index in [1.807, 2.05) is 0 Å². The van der Waals surface area contributed by atoms with E-state index in [0.29, 0.717) is 23.4 Å². The fourth-order valence-electron chi connectivity index (χ4n) is 2.83. The van der Waals surface area contributed by atoms with Crippen molar-refractivity contribution in [2.75, 3.05) is 13.2 Å². The van der Waals surface area contributed by atoms with Crippen LogP contribution in [0.2, 0.25) is 0 Å².